The number of fused-ring (bicyclic) bond motifs is 1. The van der Waals surface area contributed by atoms with Gasteiger partial charge in [0.15, 0.2) is 17.3 Å². The van der Waals surface area contributed by atoms with Gasteiger partial charge in [0.2, 0.25) is 0 Å². The SMILES string of the molecule is CC1(C)OB(c2cc(F)c3c(c2)OCCO3)OC1(C)C. The summed E-state index contributed by atoms with van der Waals surface area (Å²) in [4.78, 5) is 0. The van der Waals surface area contributed by atoms with Crippen LogP contribution in [-0.4, -0.2) is 31.5 Å². The van der Waals surface area contributed by atoms with E-state index in [9.17, 15) is 4.39 Å². The van der Waals surface area contributed by atoms with E-state index in [-0.39, 0.29) is 5.75 Å². The summed E-state index contributed by atoms with van der Waals surface area (Å²) in [6, 6.07) is 3.11. The summed E-state index contributed by atoms with van der Waals surface area (Å²) in [6.07, 6.45) is 0. The lowest BCUT2D eigenvalue weighted by Gasteiger charge is -2.32. The second kappa shape index (κ2) is 4.36. The lowest BCUT2D eigenvalue weighted by atomic mass is 9.79. The zero-order chi connectivity index (χ0) is 14.5. The molecule has 1 aromatic rings. The molecule has 20 heavy (non-hydrogen) atoms. The van der Waals surface area contributed by atoms with Gasteiger partial charge in [-0.2, -0.15) is 0 Å². The lowest BCUT2D eigenvalue weighted by molar-refractivity contribution is 0.00578. The van der Waals surface area contributed by atoms with Crippen molar-refractivity contribution in [2.24, 2.45) is 0 Å². The van der Waals surface area contributed by atoms with Crippen molar-refractivity contribution in [3.63, 3.8) is 0 Å². The summed E-state index contributed by atoms with van der Waals surface area (Å²) in [5.41, 5.74) is -0.312. The molecule has 0 aliphatic carbocycles. The van der Waals surface area contributed by atoms with Crippen LogP contribution in [0.4, 0.5) is 4.39 Å². The second-order valence-corrected chi connectivity index (χ2v) is 6.12. The molecule has 3 rings (SSSR count). The maximum atomic E-state index is 14.1. The average molecular weight is 280 g/mol. The largest absolute Gasteiger partial charge is 0.495 e. The molecule has 0 radical (unpaired) electrons. The topological polar surface area (TPSA) is 36.9 Å². The Bertz CT molecular complexity index is 528. The third kappa shape index (κ3) is 2.07. The fourth-order valence-electron chi connectivity index (χ4n) is 2.25. The Morgan fingerprint density at radius 1 is 1.00 bits per heavy atom. The van der Waals surface area contributed by atoms with Crippen LogP contribution in [-0.2, 0) is 9.31 Å². The van der Waals surface area contributed by atoms with E-state index in [0.717, 1.165) is 0 Å². The van der Waals surface area contributed by atoms with Crippen molar-refractivity contribution in [2.45, 2.75) is 38.9 Å². The average Bonchev–Trinajstić information content (AvgIpc) is 2.58. The van der Waals surface area contributed by atoms with Crippen molar-refractivity contribution in [3.05, 3.63) is 17.9 Å². The highest BCUT2D eigenvalue weighted by atomic mass is 19.1. The Morgan fingerprint density at radius 2 is 1.60 bits per heavy atom. The molecule has 0 atom stereocenters. The van der Waals surface area contributed by atoms with Gasteiger partial charge in [0, 0.05) is 0 Å². The first-order chi connectivity index (χ1) is 9.30. The molecule has 0 amide bonds. The fraction of sp³-hybridized carbons (Fsp3) is 0.571. The Morgan fingerprint density at radius 3 is 2.25 bits per heavy atom. The van der Waals surface area contributed by atoms with Crippen LogP contribution in [0.25, 0.3) is 0 Å². The van der Waals surface area contributed by atoms with E-state index in [0.29, 0.717) is 24.4 Å². The van der Waals surface area contributed by atoms with Gasteiger partial charge >= 0.3 is 7.12 Å². The molecule has 6 heteroatoms. The summed E-state index contributed by atoms with van der Waals surface area (Å²) in [5, 5.41) is 0. The molecule has 0 bridgehead atoms. The summed E-state index contributed by atoms with van der Waals surface area (Å²) in [7, 11) is -0.606. The highest BCUT2D eigenvalue weighted by molar-refractivity contribution is 6.62. The van der Waals surface area contributed by atoms with E-state index < -0.39 is 24.1 Å². The van der Waals surface area contributed by atoms with Gasteiger partial charge < -0.3 is 18.8 Å². The lowest BCUT2D eigenvalue weighted by Crippen LogP contribution is -2.41. The van der Waals surface area contributed by atoms with Crippen molar-refractivity contribution in [3.8, 4) is 11.5 Å². The van der Waals surface area contributed by atoms with Gasteiger partial charge in [-0.25, -0.2) is 4.39 Å². The van der Waals surface area contributed by atoms with Crippen LogP contribution in [0.1, 0.15) is 27.7 Å². The maximum Gasteiger partial charge on any atom is 0.495 e. The molecule has 0 N–H and O–H groups in total. The summed E-state index contributed by atoms with van der Waals surface area (Å²) in [6.45, 7) is 8.62. The minimum Gasteiger partial charge on any atom is -0.486 e. The predicted molar refractivity (Wildman–Crippen MR) is 73.1 cm³/mol. The summed E-state index contributed by atoms with van der Waals surface area (Å²) >= 11 is 0. The smallest absolute Gasteiger partial charge is 0.486 e. The Balaban J connectivity index is 1.94. The van der Waals surface area contributed by atoms with Crippen LogP contribution in [0.2, 0.25) is 0 Å². The van der Waals surface area contributed by atoms with Crippen LogP contribution in [0.5, 0.6) is 11.5 Å². The molecule has 1 saturated heterocycles. The van der Waals surface area contributed by atoms with Crippen molar-refractivity contribution >= 4 is 12.6 Å². The first-order valence-corrected chi connectivity index (χ1v) is 6.75. The normalized spacial score (nSPS) is 22.9. The minimum absolute atomic E-state index is 0.163. The molecule has 0 unspecified atom stereocenters. The van der Waals surface area contributed by atoms with Crippen LogP contribution in [0.3, 0.4) is 0 Å². The second-order valence-electron chi connectivity index (χ2n) is 6.12. The van der Waals surface area contributed by atoms with Crippen LogP contribution in [0.15, 0.2) is 12.1 Å². The number of rotatable bonds is 1. The van der Waals surface area contributed by atoms with Gasteiger partial charge in [-0.1, -0.05) is 0 Å². The molecule has 4 nitrogen and oxygen atoms in total. The van der Waals surface area contributed by atoms with E-state index in [1.54, 1.807) is 6.07 Å². The first kappa shape index (κ1) is 13.7. The number of hydrogen-bond acceptors (Lipinski definition) is 4. The molecule has 1 aromatic carbocycles. The van der Waals surface area contributed by atoms with Crippen molar-refractivity contribution < 1.29 is 23.2 Å². The Hall–Kier alpha value is -1.27. The molecule has 1 fully saturated rings. The standard InChI is InChI=1S/C14H18BFO4/c1-13(2)14(3,4)20-15(19-13)9-7-10(16)12-11(8-9)17-5-6-18-12/h7-8H,5-6H2,1-4H3. The van der Waals surface area contributed by atoms with Crippen molar-refractivity contribution in [1.82, 2.24) is 0 Å². The molecular weight excluding hydrogens is 262 g/mol. The van der Waals surface area contributed by atoms with Crippen molar-refractivity contribution in [1.29, 1.82) is 0 Å². The van der Waals surface area contributed by atoms with E-state index in [4.69, 9.17) is 18.8 Å². The molecule has 0 saturated carbocycles. The van der Waals surface area contributed by atoms with Crippen LogP contribution >= 0.6 is 0 Å². The Kier molecular flexibility index (Phi) is 2.99. The minimum atomic E-state index is -0.606. The first-order valence-electron chi connectivity index (χ1n) is 6.75. The summed E-state index contributed by atoms with van der Waals surface area (Å²) < 4.78 is 36.6. The van der Waals surface area contributed by atoms with E-state index in [2.05, 4.69) is 0 Å². The monoisotopic (exact) mass is 280 g/mol. The van der Waals surface area contributed by atoms with Gasteiger partial charge in [-0.05, 0) is 45.3 Å². The predicted octanol–water partition coefficient (Wildman–Crippen LogP) is 1.90. The van der Waals surface area contributed by atoms with E-state index in [1.807, 2.05) is 27.7 Å². The van der Waals surface area contributed by atoms with Gasteiger partial charge in [-0.3, -0.25) is 0 Å². The van der Waals surface area contributed by atoms with E-state index in [1.165, 1.54) is 6.07 Å². The zero-order valence-electron chi connectivity index (χ0n) is 12.2. The van der Waals surface area contributed by atoms with E-state index >= 15 is 0 Å². The molecule has 2 heterocycles. The third-order valence-electron chi connectivity index (χ3n) is 4.14. The van der Waals surface area contributed by atoms with Crippen LogP contribution < -0.4 is 14.9 Å². The van der Waals surface area contributed by atoms with Gasteiger partial charge in [0.1, 0.15) is 13.2 Å². The number of hydrogen-bond donors (Lipinski definition) is 0. The van der Waals surface area contributed by atoms with Gasteiger partial charge in [0.05, 0.1) is 11.2 Å². The quantitative estimate of drug-likeness (QED) is 0.736. The molecule has 108 valence electrons. The highest BCUT2D eigenvalue weighted by Gasteiger charge is 2.52. The number of benzene rings is 1. The Labute approximate surface area is 118 Å². The molecular formula is C14H18BFO4. The maximum absolute atomic E-state index is 14.1. The third-order valence-corrected chi connectivity index (χ3v) is 4.14. The molecule has 2 aliphatic heterocycles. The molecule has 2 aliphatic rings. The fourth-order valence-corrected chi connectivity index (χ4v) is 2.25. The van der Waals surface area contributed by atoms with Gasteiger partial charge in [-0.15, -0.1) is 0 Å². The van der Waals surface area contributed by atoms with Gasteiger partial charge in [0.25, 0.3) is 0 Å². The number of halogens is 1. The number of ether oxygens (including phenoxy) is 2. The van der Waals surface area contributed by atoms with Crippen LogP contribution in [0, 0.1) is 5.82 Å². The van der Waals surface area contributed by atoms with Crippen molar-refractivity contribution in [2.75, 3.05) is 13.2 Å². The highest BCUT2D eigenvalue weighted by Crippen LogP contribution is 2.38. The zero-order valence-corrected chi connectivity index (χ0v) is 12.2. The molecule has 0 spiro atoms. The summed E-state index contributed by atoms with van der Waals surface area (Å²) in [5.74, 6) is 0.115. The molecule has 0 aromatic heterocycles.